The Bertz CT molecular complexity index is 342. The molecule has 4 nitrogen and oxygen atoms in total. The molecule has 1 fully saturated rings. The highest BCUT2D eigenvalue weighted by Gasteiger charge is 2.29. The van der Waals surface area contributed by atoms with Gasteiger partial charge < -0.3 is 4.74 Å². The van der Waals surface area contributed by atoms with E-state index in [2.05, 4.69) is 22.7 Å². The van der Waals surface area contributed by atoms with E-state index >= 15 is 0 Å². The molecule has 0 amide bonds. The van der Waals surface area contributed by atoms with Gasteiger partial charge in [-0.1, -0.05) is 0 Å². The summed E-state index contributed by atoms with van der Waals surface area (Å²) in [5, 5.41) is 3.20. The van der Waals surface area contributed by atoms with Crippen LogP contribution in [0.3, 0.4) is 0 Å². The number of hydrogen-bond acceptors (Lipinski definition) is 5. The summed E-state index contributed by atoms with van der Waals surface area (Å²) < 4.78 is 5.83. The Balaban J connectivity index is 1.95. The minimum atomic E-state index is 0.176. The van der Waals surface area contributed by atoms with Gasteiger partial charge in [0.05, 0.1) is 23.3 Å². The Labute approximate surface area is 100 Å². The highest BCUT2D eigenvalue weighted by atomic mass is 32.1. The van der Waals surface area contributed by atoms with Crippen molar-refractivity contribution in [2.75, 3.05) is 0 Å². The number of nitrogens with two attached hydrogens (primary N) is 1. The van der Waals surface area contributed by atoms with Crippen LogP contribution in [0.2, 0.25) is 0 Å². The molecule has 1 saturated heterocycles. The molecule has 1 aliphatic heterocycles. The molecule has 0 saturated carbocycles. The Kier molecular flexibility index (Phi) is 3.91. The number of rotatable bonds is 4. The summed E-state index contributed by atoms with van der Waals surface area (Å²) in [7, 11) is 0. The van der Waals surface area contributed by atoms with Crippen molar-refractivity contribution in [3.05, 3.63) is 16.1 Å². The molecule has 1 aromatic rings. The van der Waals surface area contributed by atoms with Crippen molar-refractivity contribution in [3.63, 3.8) is 0 Å². The second-order valence-corrected chi connectivity index (χ2v) is 5.37. The largest absolute Gasteiger partial charge is 0.374 e. The van der Waals surface area contributed by atoms with E-state index in [1.54, 1.807) is 11.3 Å². The smallest absolute Gasteiger partial charge is 0.0945 e. The first-order valence-electron chi connectivity index (χ1n) is 5.71. The third-order valence-corrected chi connectivity index (χ3v) is 3.98. The molecule has 0 bridgehead atoms. The fraction of sp³-hybridized carbons (Fsp3) is 0.727. The van der Waals surface area contributed by atoms with Crippen molar-refractivity contribution in [3.8, 4) is 0 Å². The first-order chi connectivity index (χ1) is 7.69. The summed E-state index contributed by atoms with van der Waals surface area (Å²) >= 11 is 1.69. The van der Waals surface area contributed by atoms with Gasteiger partial charge in [-0.3, -0.25) is 11.3 Å². The standard InChI is InChI=1S/C11H19N3OS/c1-7-6-16-11(13-7)5-9(14-12)10-4-3-8(2)15-10/h6,8-10,14H,3-5,12H2,1-2H3. The van der Waals surface area contributed by atoms with E-state index in [-0.39, 0.29) is 12.1 Å². The lowest BCUT2D eigenvalue weighted by atomic mass is 10.1. The van der Waals surface area contributed by atoms with Crippen molar-refractivity contribution in [1.29, 1.82) is 0 Å². The monoisotopic (exact) mass is 241 g/mol. The van der Waals surface area contributed by atoms with Crippen molar-refractivity contribution >= 4 is 11.3 Å². The molecule has 90 valence electrons. The molecule has 3 N–H and O–H groups in total. The Morgan fingerprint density at radius 1 is 1.69 bits per heavy atom. The van der Waals surface area contributed by atoms with E-state index in [1.165, 1.54) is 0 Å². The molecular weight excluding hydrogens is 222 g/mol. The molecule has 0 radical (unpaired) electrons. The lowest BCUT2D eigenvalue weighted by Gasteiger charge is -2.21. The Morgan fingerprint density at radius 2 is 2.50 bits per heavy atom. The first-order valence-corrected chi connectivity index (χ1v) is 6.59. The fourth-order valence-electron chi connectivity index (χ4n) is 2.11. The number of thiazole rings is 1. The predicted octanol–water partition coefficient (Wildman–Crippen LogP) is 1.39. The van der Waals surface area contributed by atoms with Crippen LogP contribution in [0, 0.1) is 6.92 Å². The molecule has 3 atom stereocenters. The number of hydrazine groups is 1. The zero-order chi connectivity index (χ0) is 11.5. The average molecular weight is 241 g/mol. The molecule has 16 heavy (non-hydrogen) atoms. The van der Waals surface area contributed by atoms with E-state index in [9.17, 15) is 0 Å². The van der Waals surface area contributed by atoms with Crippen LogP contribution in [0.1, 0.15) is 30.5 Å². The highest BCUT2D eigenvalue weighted by Crippen LogP contribution is 2.24. The maximum absolute atomic E-state index is 5.83. The lowest BCUT2D eigenvalue weighted by Crippen LogP contribution is -2.45. The van der Waals surface area contributed by atoms with Crippen LogP contribution in [-0.2, 0) is 11.2 Å². The van der Waals surface area contributed by atoms with Crippen molar-refractivity contribution in [2.24, 2.45) is 5.84 Å². The second kappa shape index (κ2) is 5.23. The van der Waals surface area contributed by atoms with Gasteiger partial charge >= 0.3 is 0 Å². The number of ether oxygens (including phenoxy) is 1. The maximum atomic E-state index is 5.83. The molecular formula is C11H19N3OS. The van der Waals surface area contributed by atoms with E-state index < -0.39 is 0 Å². The van der Waals surface area contributed by atoms with Crippen molar-refractivity contribution in [2.45, 2.75) is 51.4 Å². The molecule has 2 rings (SSSR count). The SMILES string of the molecule is Cc1csc(CC(NN)C2CCC(C)O2)n1. The topological polar surface area (TPSA) is 60.2 Å². The average Bonchev–Trinajstić information content (AvgIpc) is 2.84. The van der Waals surface area contributed by atoms with Crippen LogP contribution in [0.25, 0.3) is 0 Å². The maximum Gasteiger partial charge on any atom is 0.0945 e. The zero-order valence-corrected chi connectivity index (χ0v) is 10.6. The predicted molar refractivity (Wildman–Crippen MR) is 65.2 cm³/mol. The Morgan fingerprint density at radius 3 is 3.00 bits per heavy atom. The normalized spacial score (nSPS) is 27.2. The van der Waals surface area contributed by atoms with Gasteiger partial charge in [0.1, 0.15) is 0 Å². The van der Waals surface area contributed by atoms with Gasteiger partial charge in [0.2, 0.25) is 0 Å². The minimum absolute atomic E-state index is 0.176. The first kappa shape index (κ1) is 12.0. The number of aryl methyl sites for hydroxylation is 1. The number of nitrogens with zero attached hydrogens (tertiary/aromatic N) is 1. The van der Waals surface area contributed by atoms with Gasteiger partial charge in [-0.15, -0.1) is 11.3 Å². The quantitative estimate of drug-likeness (QED) is 0.618. The molecule has 5 heteroatoms. The van der Waals surface area contributed by atoms with Crippen LogP contribution in [0.5, 0.6) is 0 Å². The third kappa shape index (κ3) is 2.79. The molecule has 0 aliphatic carbocycles. The number of hydrogen-bond donors (Lipinski definition) is 2. The van der Waals surface area contributed by atoms with Crippen LogP contribution in [0.4, 0.5) is 0 Å². The van der Waals surface area contributed by atoms with Gasteiger partial charge in [0, 0.05) is 17.5 Å². The van der Waals surface area contributed by atoms with Gasteiger partial charge in [0.25, 0.3) is 0 Å². The van der Waals surface area contributed by atoms with Crippen LogP contribution in [-0.4, -0.2) is 23.2 Å². The van der Waals surface area contributed by atoms with Crippen LogP contribution in [0.15, 0.2) is 5.38 Å². The van der Waals surface area contributed by atoms with Gasteiger partial charge in [-0.2, -0.15) is 0 Å². The summed E-state index contributed by atoms with van der Waals surface area (Å²) in [6, 6.07) is 0.176. The summed E-state index contributed by atoms with van der Waals surface area (Å²) in [6.45, 7) is 4.13. The van der Waals surface area contributed by atoms with Crippen molar-refractivity contribution < 1.29 is 4.74 Å². The molecule has 1 aliphatic rings. The van der Waals surface area contributed by atoms with E-state index in [1.807, 2.05) is 6.92 Å². The van der Waals surface area contributed by atoms with Gasteiger partial charge in [0.15, 0.2) is 0 Å². The molecule has 0 aromatic carbocycles. The van der Waals surface area contributed by atoms with Crippen LogP contribution < -0.4 is 11.3 Å². The summed E-state index contributed by atoms with van der Waals surface area (Å²) in [5.74, 6) is 5.60. The summed E-state index contributed by atoms with van der Waals surface area (Å²) in [4.78, 5) is 4.46. The lowest BCUT2D eigenvalue weighted by molar-refractivity contribution is 0.0320. The molecule has 2 heterocycles. The number of aromatic nitrogens is 1. The van der Waals surface area contributed by atoms with Crippen LogP contribution >= 0.6 is 11.3 Å². The van der Waals surface area contributed by atoms with Crippen molar-refractivity contribution in [1.82, 2.24) is 10.4 Å². The highest BCUT2D eigenvalue weighted by molar-refractivity contribution is 7.09. The summed E-state index contributed by atoms with van der Waals surface area (Å²) in [5.41, 5.74) is 3.94. The minimum Gasteiger partial charge on any atom is -0.374 e. The molecule has 1 aromatic heterocycles. The second-order valence-electron chi connectivity index (χ2n) is 4.42. The Hall–Kier alpha value is -0.490. The van der Waals surface area contributed by atoms with Gasteiger partial charge in [-0.05, 0) is 26.7 Å². The van der Waals surface area contributed by atoms with Gasteiger partial charge in [-0.25, -0.2) is 4.98 Å². The zero-order valence-electron chi connectivity index (χ0n) is 9.77. The molecule has 0 spiro atoms. The fourth-order valence-corrected chi connectivity index (χ4v) is 2.94. The molecule has 3 unspecified atom stereocenters. The number of nitrogens with one attached hydrogen (secondary N) is 1. The van der Waals surface area contributed by atoms with E-state index in [0.29, 0.717) is 6.10 Å². The third-order valence-electron chi connectivity index (χ3n) is 2.99. The summed E-state index contributed by atoms with van der Waals surface area (Å²) in [6.07, 6.45) is 3.65. The van der Waals surface area contributed by atoms with E-state index in [0.717, 1.165) is 30.0 Å². The van der Waals surface area contributed by atoms with E-state index in [4.69, 9.17) is 10.6 Å².